The highest BCUT2D eigenvalue weighted by Crippen LogP contribution is 2.24. The maximum Gasteiger partial charge on any atom is 0.251 e. The van der Waals surface area contributed by atoms with Crippen LogP contribution in [0.2, 0.25) is 5.02 Å². The first-order valence-electron chi connectivity index (χ1n) is 6.61. The highest BCUT2D eigenvalue weighted by Gasteiger charge is 2.16. The van der Waals surface area contributed by atoms with E-state index in [0.717, 1.165) is 5.56 Å². The molecule has 6 heteroatoms. The van der Waals surface area contributed by atoms with Crippen molar-refractivity contribution in [2.75, 3.05) is 33.3 Å². The van der Waals surface area contributed by atoms with Gasteiger partial charge in [0.2, 0.25) is 0 Å². The number of hydrogen-bond donors (Lipinski definition) is 2. The third kappa shape index (κ3) is 5.71. The van der Waals surface area contributed by atoms with Crippen LogP contribution in [0.4, 0.5) is 8.78 Å². The second-order valence-corrected chi connectivity index (χ2v) is 4.97. The van der Waals surface area contributed by atoms with Crippen LogP contribution in [0.3, 0.4) is 0 Å². The molecule has 0 aliphatic rings. The van der Waals surface area contributed by atoms with Gasteiger partial charge in [0.1, 0.15) is 0 Å². The van der Waals surface area contributed by atoms with Gasteiger partial charge in [-0.3, -0.25) is 4.90 Å². The summed E-state index contributed by atoms with van der Waals surface area (Å²) < 4.78 is 24.9. The molecule has 0 spiro atoms. The molecule has 0 bridgehead atoms. The number of rotatable bonds is 9. The van der Waals surface area contributed by atoms with Crippen LogP contribution in [-0.4, -0.2) is 49.7 Å². The van der Waals surface area contributed by atoms with Crippen molar-refractivity contribution in [2.45, 2.75) is 18.9 Å². The van der Waals surface area contributed by atoms with E-state index in [1.165, 1.54) is 0 Å². The summed E-state index contributed by atoms with van der Waals surface area (Å²) in [7, 11) is 1.82. The van der Waals surface area contributed by atoms with Gasteiger partial charge in [0.25, 0.3) is 6.43 Å². The van der Waals surface area contributed by atoms with Crippen LogP contribution in [0, 0.1) is 0 Å². The summed E-state index contributed by atoms with van der Waals surface area (Å²) in [4.78, 5) is 1.56. The number of nitrogens with one attached hydrogen (secondary N) is 1. The predicted octanol–water partition coefficient (Wildman–Crippen LogP) is 2.55. The minimum absolute atomic E-state index is 0.00238. The summed E-state index contributed by atoms with van der Waals surface area (Å²) >= 11 is 6.14. The fourth-order valence-corrected chi connectivity index (χ4v) is 2.42. The van der Waals surface area contributed by atoms with Gasteiger partial charge < -0.3 is 10.4 Å². The van der Waals surface area contributed by atoms with Crippen LogP contribution in [0.25, 0.3) is 0 Å². The summed E-state index contributed by atoms with van der Waals surface area (Å²) in [5.74, 6) is 0. The van der Waals surface area contributed by atoms with Gasteiger partial charge in [0.05, 0.1) is 13.2 Å². The van der Waals surface area contributed by atoms with Gasteiger partial charge >= 0.3 is 0 Å². The standard InChI is InChI=1S/C14H21ClF2N2O/c1-18-13(11-4-2-3-5-12(11)15)6-7-19(8-9-20)10-14(16)17/h2-5,13-14,18,20H,6-10H2,1H3. The van der Waals surface area contributed by atoms with Crippen molar-refractivity contribution in [3.63, 3.8) is 0 Å². The smallest absolute Gasteiger partial charge is 0.251 e. The Bertz CT molecular complexity index is 393. The zero-order valence-electron chi connectivity index (χ0n) is 11.5. The minimum atomic E-state index is -2.39. The molecule has 2 N–H and O–H groups in total. The first-order valence-corrected chi connectivity index (χ1v) is 6.99. The lowest BCUT2D eigenvalue weighted by molar-refractivity contribution is 0.0763. The molecule has 0 amide bonds. The highest BCUT2D eigenvalue weighted by atomic mass is 35.5. The summed E-state index contributed by atoms with van der Waals surface area (Å²) in [6, 6.07) is 7.49. The average Bonchev–Trinajstić information content (AvgIpc) is 2.40. The zero-order chi connectivity index (χ0) is 15.0. The van der Waals surface area contributed by atoms with Gasteiger partial charge in [-0.15, -0.1) is 0 Å². The molecular weight excluding hydrogens is 286 g/mol. The third-order valence-corrected chi connectivity index (χ3v) is 3.52. The van der Waals surface area contributed by atoms with Crippen molar-refractivity contribution >= 4 is 11.6 Å². The number of aliphatic hydroxyl groups excluding tert-OH is 1. The van der Waals surface area contributed by atoms with Crippen molar-refractivity contribution in [3.8, 4) is 0 Å². The molecule has 0 heterocycles. The fraction of sp³-hybridized carbons (Fsp3) is 0.571. The molecule has 0 aliphatic heterocycles. The molecule has 1 atom stereocenters. The molecule has 0 saturated carbocycles. The van der Waals surface area contributed by atoms with E-state index in [4.69, 9.17) is 16.7 Å². The Morgan fingerprint density at radius 2 is 2.00 bits per heavy atom. The topological polar surface area (TPSA) is 35.5 Å². The highest BCUT2D eigenvalue weighted by molar-refractivity contribution is 6.31. The lowest BCUT2D eigenvalue weighted by atomic mass is 10.0. The van der Waals surface area contributed by atoms with E-state index in [-0.39, 0.29) is 25.7 Å². The van der Waals surface area contributed by atoms with Crippen molar-refractivity contribution in [1.82, 2.24) is 10.2 Å². The zero-order valence-corrected chi connectivity index (χ0v) is 12.3. The molecule has 0 radical (unpaired) electrons. The molecule has 0 fully saturated rings. The number of aliphatic hydroxyl groups is 1. The number of hydrogen-bond acceptors (Lipinski definition) is 3. The van der Waals surface area contributed by atoms with Crippen LogP contribution in [0.5, 0.6) is 0 Å². The Morgan fingerprint density at radius 3 is 2.55 bits per heavy atom. The maximum atomic E-state index is 12.4. The largest absolute Gasteiger partial charge is 0.395 e. The van der Waals surface area contributed by atoms with Crippen LogP contribution in [-0.2, 0) is 0 Å². The number of alkyl halides is 2. The van der Waals surface area contributed by atoms with E-state index in [9.17, 15) is 8.78 Å². The maximum absolute atomic E-state index is 12.4. The van der Waals surface area contributed by atoms with Gasteiger partial charge in [0.15, 0.2) is 0 Å². The van der Waals surface area contributed by atoms with E-state index >= 15 is 0 Å². The Hall–Kier alpha value is -0.750. The van der Waals surface area contributed by atoms with Gasteiger partial charge in [-0.2, -0.15) is 0 Å². The molecule has 0 aromatic heterocycles. The third-order valence-electron chi connectivity index (χ3n) is 3.18. The van der Waals surface area contributed by atoms with Crippen molar-refractivity contribution in [1.29, 1.82) is 0 Å². The summed E-state index contributed by atoms with van der Waals surface area (Å²) in [5.41, 5.74) is 0.956. The number of benzene rings is 1. The molecule has 0 saturated heterocycles. The first kappa shape index (κ1) is 17.3. The monoisotopic (exact) mass is 306 g/mol. The number of halogens is 3. The normalized spacial score (nSPS) is 13.2. The van der Waals surface area contributed by atoms with Gasteiger partial charge in [0, 0.05) is 24.2 Å². The number of nitrogens with zero attached hydrogens (tertiary/aromatic N) is 1. The Kier molecular flexibility index (Phi) is 7.99. The van der Waals surface area contributed by atoms with Crippen LogP contribution in [0.15, 0.2) is 24.3 Å². The van der Waals surface area contributed by atoms with Crippen LogP contribution < -0.4 is 5.32 Å². The first-order chi connectivity index (χ1) is 9.58. The fourth-order valence-electron chi connectivity index (χ4n) is 2.16. The lowest BCUT2D eigenvalue weighted by Gasteiger charge is -2.24. The van der Waals surface area contributed by atoms with Crippen LogP contribution in [0.1, 0.15) is 18.0 Å². The molecule has 20 heavy (non-hydrogen) atoms. The van der Waals surface area contributed by atoms with Gasteiger partial charge in [-0.1, -0.05) is 29.8 Å². The van der Waals surface area contributed by atoms with Gasteiger partial charge in [-0.05, 0) is 25.1 Å². The van der Waals surface area contributed by atoms with Crippen molar-refractivity contribution in [3.05, 3.63) is 34.9 Å². The van der Waals surface area contributed by atoms with E-state index in [1.54, 1.807) is 4.90 Å². The van der Waals surface area contributed by atoms with E-state index in [1.807, 2.05) is 31.3 Å². The molecule has 3 nitrogen and oxygen atoms in total. The second kappa shape index (κ2) is 9.23. The summed E-state index contributed by atoms with van der Waals surface area (Å²) in [6.07, 6.45) is -1.75. The van der Waals surface area contributed by atoms with E-state index in [0.29, 0.717) is 18.0 Å². The molecule has 114 valence electrons. The van der Waals surface area contributed by atoms with Crippen molar-refractivity contribution in [2.24, 2.45) is 0 Å². The summed E-state index contributed by atoms with van der Waals surface area (Å²) in [5, 5.41) is 12.7. The molecule has 0 aliphatic carbocycles. The quantitative estimate of drug-likeness (QED) is 0.736. The second-order valence-electron chi connectivity index (χ2n) is 4.57. The molecule has 1 aromatic carbocycles. The molecule has 1 aromatic rings. The van der Waals surface area contributed by atoms with Gasteiger partial charge in [-0.25, -0.2) is 8.78 Å². The Labute approximate surface area is 123 Å². The predicted molar refractivity (Wildman–Crippen MR) is 77.4 cm³/mol. The Morgan fingerprint density at radius 1 is 1.30 bits per heavy atom. The average molecular weight is 307 g/mol. The Balaban J connectivity index is 2.61. The lowest BCUT2D eigenvalue weighted by Crippen LogP contribution is -2.34. The molecule has 1 rings (SSSR count). The van der Waals surface area contributed by atoms with E-state index < -0.39 is 6.43 Å². The van der Waals surface area contributed by atoms with Crippen LogP contribution >= 0.6 is 11.6 Å². The molecule has 1 unspecified atom stereocenters. The summed E-state index contributed by atoms with van der Waals surface area (Å²) in [6.45, 7) is 0.285. The molecular formula is C14H21ClF2N2O. The minimum Gasteiger partial charge on any atom is -0.395 e. The SMILES string of the molecule is CNC(CCN(CCO)CC(F)F)c1ccccc1Cl. The van der Waals surface area contributed by atoms with Crippen molar-refractivity contribution < 1.29 is 13.9 Å². The van der Waals surface area contributed by atoms with E-state index in [2.05, 4.69) is 5.32 Å².